The van der Waals surface area contributed by atoms with Crippen LogP contribution in [0.25, 0.3) is 50.2 Å². The summed E-state index contributed by atoms with van der Waals surface area (Å²) in [6, 6.07) is 32.4. The van der Waals surface area contributed by atoms with E-state index in [4.69, 9.17) is 0 Å². The number of para-hydroxylation sites is 2. The molecule has 0 saturated heterocycles. The van der Waals surface area contributed by atoms with Gasteiger partial charge in [0.1, 0.15) is 0 Å². The highest BCUT2D eigenvalue weighted by molar-refractivity contribution is 6.11. The Hall–Kier alpha value is -4.63. The van der Waals surface area contributed by atoms with Gasteiger partial charge in [0.05, 0.1) is 16.6 Å². The largest absolute Gasteiger partial charge is 0.313 e. The van der Waals surface area contributed by atoms with Gasteiger partial charge in [0.15, 0.2) is 5.78 Å². The van der Waals surface area contributed by atoms with Gasteiger partial charge < -0.3 is 9.13 Å². The first-order valence-electron chi connectivity index (χ1n) is 14.4. The second-order valence-corrected chi connectivity index (χ2v) is 11.1. The van der Waals surface area contributed by atoms with E-state index in [0.29, 0.717) is 0 Å². The lowest BCUT2D eigenvalue weighted by Crippen LogP contribution is -2.06. The van der Waals surface area contributed by atoms with Crippen molar-refractivity contribution in [3.05, 3.63) is 126 Å². The molecule has 0 fully saturated rings. The lowest BCUT2D eigenvalue weighted by Gasteiger charge is -2.14. The van der Waals surface area contributed by atoms with Crippen molar-refractivity contribution in [1.82, 2.24) is 9.13 Å². The molecule has 0 radical (unpaired) electrons. The first kappa shape index (κ1) is 23.3. The monoisotopic (exact) mass is 518 g/mol. The summed E-state index contributed by atoms with van der Waals surface area (Å²) in [5, 5.41) is 3.78. The van der Waals surface area contributed by atoms with Gasteiger partial charge in [-0.25, -0.2) is 0 Å². The van der Waals surface area contributed by atoms with Crippen LogP contribution in [-0.2, 0) is 6.42 Å². The van der Waals surface area contributed by atoms with Gasteiger partial charge in [-0.2, -0.15) is 0 Å². The number of hydrogen-bond acceptors (Lipinski definition) is 1. The number of allylic oxidation sites excluding steroid dienone is 3. The van der Waals surface area contributed by atoms with E-state index in [1.807, 2.05) is 12.1 Å². The van der Waals surface area contributed by atoms with Crippen LogP contribution in [0.4, 0.5) is 0 Å². The molecule has 194 valence electrons. The Morgan fingerprint density at radius 2 is 1.35 bits per heavy atom. The Balaban J connectivity index is 1.28. The molecule has 8 rings (SSSR count). The first-order chi connectivity index (χ1) is 19.8. The number of hydrogen-bond donors (Lipinski definition) is 0. The van der Waals surface area contributed by atoms with Crippen LogP contribution in [0.2, 0.25) is 0 Å². The number of carbonyl (C=O) groups excluding carboxylic acids is 1. The van der Waals surface area contributed by atoms with E-state index in [-0.39, 0.29) is 5.78 Å². The summed E-state index contributed by atoms with van der Waals surface area (Å²) in [5.74, 6) is 0.176. The number of fused-ring (bicyclic) bond motifs is 6. The van der Waals surface area contributed by atoms with Crippen LogP contribution >= 0.6 is 0 Å². The lowest BCUT2D eigenvalue weighted by molar-refractivity contribution is 0.102. The quantitative estimate of drug-likeness (QED) is 0.214. The number of Topliss-reactive ketones (excluding diaryl/α,β-unsaturated/α-hetero) is 1. The molecular weight excluding hydrogens is 488 g/mol. The van der Waals surface area contributed by atoms with E-state index in [9.17, 15) is 4.79 Å². The fourth-order valence-corrected chi connectivity index (χ4v) is 6.84. The molecule has 0 atom stereocenters. The molecule has 2 aliphatic rings. The van der Waals surface area contributed by atoms with Crippen LogP contribution in [0.15, 0.2) is 109 Å². The molecule has 0 N–H and O–H groups in total. The maximum absolute atomic E-state index is 13.1. The van der Waals surface area contributed by atoms with Crippen molar-refractivity contribution in [3.63, 3.8) is 0 Å². The second kappa shape index (κ2) is 9.24. The van der Waals surface area contributed by atoms with Crippen molar-refractivity contribution in [2.45, 2.75) is 38.5 Å². The minimum atomic E-state index is 0.176. The van der Waals surface area contributed by atoms with Crippen LogP contribution in [-0.4, -0.2) is 14.9 Å². The van der Waals surface area contributed by atoms with Crippen molar-refractivity contribution in [2.75, 3.05) is 0 Å². The molecule has 4 aromatic carbocycles. The second-order valence-electron chi connectivity index (χ2n) is 11.1. The van der Waals surface area contributed by atoms with Crippen LogP contribution in [0.5, 0.6) is 0 Å². The van der Waals surface area contributed by atoms with Gasteiger partial charge in [0, 0.05) is 44.4 Å². The summed E-state index contributed by atoms with van der Waals surface area (Å²) in [5.41, 5.74) is 10.4. The third-order valence-electron chi connectivity index (χ3n) is 8.73. The minimum absolute atomic E-state index is 0.176. The Morgan fingerprint density at radius 1 is 0.625 bits per heavy atom. The van der Waals surface area contributed by atoms with E-state index in [0.717, 1.165) is 48.9 Å². The Labute approximate surface area is 233 Å². The third kappa shape index (κ3) is 3.54. The average molecular weight is 519 g/mol. The molecule has 3 heteroatoms. The van der Waals surface area contributed by atoms with E-state index in [2.05, 4.69) is 106 Å². The molecular formula is C37H30N2O. The van der Waals surface area contributed by atoms with Gasteiger partial charge in [-0.15, -0.1) is 0 Å². The summed E-state index contributed by atoms with van der Waals surface area (Å²) < 4.78 is 4.79. The standard InChI is InChI=1S/C37H30N2O/c40-37(25-10-2-1-3-11-25)26-18-20-27(21-19-26)38-35-17-9-6-14-31(35)32-24-28(22-23-36(32)38)39-33-15-7-4-12-29(33)30-13-5-8-16-34(30)39/h4-7,9-10,12-15,17-24H,1-3,8,11,16H2. The molecule has 40 heavy (non-hydrogen) atoms. The normalized spacial score (nSPS) is 15.1. The maximum Gasteiger partial charge on any atom is 0.188 e. The van der Waals surface area contributed by atoms with Crippen LogP contribution in [0.3, 0.4) is 0 Å². The van der Waals surface area contributed by atoms with Crippen LogP contribution < -0.4 is 0 Å². The molecule has 0 bridgehead atoms. The third-order valence-corrected chi connectivity index (χ3v) is 8.73. The number of ketones is 1. The zero-order valence-electron chi connectivity index (χ0n) is 22.4. The highest BCUT2D eigenvalue weighted by atomic mass is 16.1. The fourth-order valence-electron chi connectivity index (χ4n) is 6.84. The molecule has 0 aliphatic heterocycles. The molecule has 3 nitrogen and oxygen atoms in total. The maximum atomic E-state index is 13.1. The molecule has 0 saturated carbocycles. The molecule has 0 amide bonds. The minimum Gasteiger partial charge on any atom is -0.313 e. The Morgan fingerprint density at radius 3 is 2.15 bits per heavy atom. The molecule has 2 aromatic heterocycles. The van der Waals surface area contributed by atoms with Gasteiger partial charge in [0.25, 0.3) is 0 Å². The predicted octanol–water partition coefficient (Wildman–Crippen LogP) is 9.37. The Bertz CT molecular complexity index is 2010. The van der Waals surface area contributed by atoms with Gasteiger partial charge in [-0.05, 0) is 98.7 Å². The van der Waals surface area contributed by atoms with Gasteiger partial charge >= 0.3 is 0 Å². The lowest BCUT2D eigenvalue weighted by atomic mass is 9.93. The van der Waals surface area contributed by atoms with Gasteiger partial charge in [-0.3, -0.25) is 4.79 Å². The molecule has 6 aromatic rings. The van der Waals surface area contributed by atoms with Crippen LogP contribution in [0.1, 0.15) is 53.7 Å². The molecule has 0 spiro atoms. The summed E-state index contributed by atoms with van der Waals surface area (Å²) in [6.45, 7) is 0. The van der Waals surface area contributed by atoms with Gasteiger partial charge in [-0.1, -0.05) is 54.6 Å². The average Bonchev–Trinajstić information content (AvgIpc) is 3.54. The highest BCUT2D eigenvalue weighted by Crippen LogP contribution is 2.37. The highest BCUT2D eigenvalue weighted by Gasteiger charge is 2.20. The first-order valence-corrected chi connectivity index (χ1v) is 14.4. The predicted molar refractivity (Wildman–Crippen MR) is 166 cm³/mol. The van der Waals surface area contributed by atoms with Crippen molar-refractivity contribution in [3.8, 4) is 11.4 Å². The van der Waals surface area contributed by atoms with E-state index in [1.54, 1.807) is 0 Å². The zero-order valence-corrected chi connectivity index (χ0v) is 22.4. The van der Waals surface area contributed by atoms with Crippen molar-refractivity contribution in [1.29, 1.82) is 0 Å². The van der Waals surface area contributed by atoms with Crippen molar-refractivity contribution >= 4 is 44.6 Å². The molecule has 2 heterocycles. The Kier molecular flexibility index (Phi) is 5.37. The van der Waals surface area contributed by atoms with E-state index in [1.165, 1.54) is 56.1 Å². The summed E-state index contributed by atoms with van der Waals surface area (Å²) >= 11 is 0. The zero-order chi connectivity index (χ0) is 26.6. The van der Waals surface area contributed by atoms with Gasteiger partial charge in [0.2, 0.25) is 0 Å². The van der Waals surface area contributed by atoms with E-state index < -0.39 is 0 Å². The topological polar surface area (TPSA) is 26.9 Å². The number of nitrogens with zero attached hydrogens (tertiary/aromatic N) is 2. The number of carbonyl (C=O) groups is 1. The number of aromatic nitrogens is 2. The fraction of sp³-hybridized carbons (Fsp3) is 0.162. The van der Waals surface area contributed by atoms with Crippen LogP contribution in [0, 0.1) is 0 Å². The summed E-state index contributed by atoms with van der Waals surface area (Å²) in [6.07, 6.45) is 13.0. The molecule has 0 unspecified atom stereocenters. The smallest absolute Gasteiger partial charge is 0.188 e. The number of rotatable bonds is 4. The number of benzene rings is 4. The summed E-state index contributed by atoms with van der Waals surface area (Å²) in [7, 11) is 0. The molecule has 2 aliphatic carbocycles. The van der Waals surface area contributed by atoms with Crippen molar-refractivity contribution in [2.24, 2.45) is 0 Å². The SMILES string of the molecule is O=C(C1=CCCCC1)c1ccc(-n2c3ccccc3c3cc(-n4c5c(c6ccccc64)C=CCC5)ccc32)cc1. The van der Waals surface area contributed by atoms with Crippen molar-refractivity contribution < 1.29 is 4.79 Å². The van der Waals surface area contributed by atoms with E-state index >= 15 is 0 Å². The summed E-state index contributed by atoms with van der Waals surface area (Å²) in [4.78, 5) is 13.1.